The fourth-order valence-electron chi connectivity index (χ4n) is 2.23. The molecule has 1 fully saturated rings. The smallest absolute Gasteiger partial charge is 0.0616 e. The molecule has 0 aromatic carbocycles. The molecule has 80 valence electrons. The standard InChI is InChI=1S/C12H21NO/c1-4-6-7-11(13-3)10-8-9-14-12(10)5-2/h10-13H,5,7-9H2,1-3H3. The van der Waals surface area contributed by atoms with E-state index in [2.05, 4.69) is 24.1 Å². The molecule has 0 aliphatic carbocycles. The third kappa shape index (κ3) is 2.73. The third-order valence-corrected chi connectivity index (χ3v) is 3.05. The second-order valence-electron chi connectivity index (χ2n) is 3.80. The van der Waals surface area contributed by atoms with Crippen molar-refractivity contribution in [3.05, 3.63) is 0 Å². The Balaban J connectivity index is 2.52. The zero-order chi connectivity index (χ0) is 10.4. The maximum atomic E-state index is 5.69. The molecule has 0 bridgehead atoms. The van der Waals surface area contributed by atoms with Gasteiger partial charge in [0.15, 0.2) is 0 Å². The van der Waals surface area contributed by atoms with Gasteiger partial charge >= 0.3 is 0 Å². The van der Waals surface area contributed by atoms with Gasteiger partial charge in [0.05, 0.1) is 6.10 Å². The summed E-state index contributed by atoms with van der Waals surface area (Å²) in [5.41, 5.74) is 0. The van der Waals surface area contributed by atoms with Crippen LogP contribution in [0.2, 0.25) is 0 Å². The van der Waals surface area contributed by atoms with E-state index < -0.39 is 0 Å². The molecule has 0 amide bonds. The molecule has 1 aliphatic heterocycles. The Kier molecular flexibility index (Phi) is 5.00. The van der Waals surface area contributed by atoms with Crippen molar-refractivity contribution < 1.29 is 4.74 Å². The molecule has 1 N–H and O–H groups in total. The Bertz CT molecular complexity index is 216. The minimum absolute atomic E-state index is 0.436. The van der Waals surface area contributed by atoms with Crippen LogP contribution in [0.1, 0.15) is 33.1 Å². The highest BCUT2D eigenvalue weighted by atomic mass is 16.5. The Morgan fingerprint density at radius 3 is 2.93 bits per heavy atom. The molecule has 2 heteroatoms. The summed E-state index contributed by atoms with van der Waals surface area (Å²) < 4.78 is 5.69. The average molecular weight is 195 g/mol. The zero-order valence-corrected chi connectivity index (χ0v) is 9.47. The van der Waals surface area contributed by atoms with Crippen molar-refractivity contribution in [3.8, 4) is 11.8 Å². The first-order chi connectivity index (χ1) is 6.83. The topological polar surface area (TPSA) is 21.3 Å². The second-order valence-corrected chi connectivity index (χ2v) is 3.80. The van der Waals surface area contributed by atoms with E-state index in [1.807, 2.05) is 14.0 Å². The van der Waals surface area contributed by atoms with Crippen molar-refractivity contribution in [1.29, 1.82) is 0 Å². The van der Waals surface area contributed by atoms with Crippen LogP contribution < -0.4 is 5.32 Å². The van der Waals surface area contributed by atoms with Gasteiger partial charge in [0.2, 0.25) is 0 Å². The highest BCUT2D eigenvalue weighted by molar-refractivity contribution is 5.00. The van der Waals surface area contributed by atoms with Crippen LogP contribution in [0, 0.1) is 17.8 Å². The van der Waals surface area contributed by atoms with Crippen molar-refractivity contribution in [2.45, 2.75) is 45.3 Å². The first kappa shape index (κ1) is 11.6. The SMILES string of the molecule is CC#CCC(NC)C1CCOC1CC. The lowest BCUT2D eigenvalue weighted by atomic mass is 9.89. The minimum Gasteiger partial charge on any atom is -0.378 e. The molecule has 0 radical (unpaired) electrons. The summed E-state index contributed by atoms with van der Waals surface area (Å²) in [6.45, 7) is 5.01. The summed E-state index contributed by atoms with van der Waals surface area (Å²) >= 11 is 0. The van der Waals surface area contributed by atoms with Crippen LogP contribution in [0.4, 0.5) is 0 Å². The van der Waals surface area contributed by atoms with E-state index in [0.717, 1.165) is 19.4 Å². The molecule has 14 heavy (non-hydrogen) atoms. The van der Waals surface area contributed by atoms with Crippen molar-refractivity contribution in [2.24, 2.45) is 5.92 Å². The average Bonchev–Trinajstić information content (AvgIpc) is 2.67. The zero-order valence-electron chi connectivity index (χ0n) is 9.47. The highest BCUT2D eigenvalue weighted by Crippen LogP contribution is 2.27. The third-order valence-electron chi connectivity index (χ3n) is 3.05. The van der Waals surface area contributed by atoms with Crippen LogP contribution in [-0.4, -0.2) is 25.8 Å². The summed E-state index contributed by atoms with van der Waals surface area (Å²) in [5.74, 6) is 6.76. The van der Waals surface area contributed by atoms with Gasteiger partial charge in [-0.3, -0.25) is 0 Å². The second kappa shape index (κ2) is 6.06. The van der Waals surface area contributed by atoms with Crippen LogP contribution >= 0.6 is 0 Å². The van der Waals surface area contributed by atoms with E-state index in [1.165, 1.54) is 6.42 Å². The Labute approximate surface area is 87.4 Å². The fraction of sp³-hybridized carbons (Fsp3) is 0.833. The maximum Gasteiger partial charge on any atom is 0.0616 e. The predicted octanol–water partition coefficient (Wildman–Crippen LogP) is 1.80. The Hall–Kier alpha value is -0.520. The first-order valence-electron chi connectivity index (χ1n) is 5.52. The number of rotatable bonds is 4. The monoisotopic (exact) mass is 195 g/mol. The summed E-state index contributed by atoms with van der Waals surface area (Å²) in [6.07, 6.45) is 3.67. The van der Waals surface area contributed by atoms with Crippen molar-refractivity contribution in [2.75, 3.05) is 13.7 Å². The predicted molar refractivity (Wildman–Crippen MR) is 59.1 cm³/mol. The van der Waals surface area contributed by atoms with Crippen molar-refractivity contribution >= 4 is 0 Å². The van der Waals surface area contributed by atoms with Crippen LogP contribution in [0.25, 0.3) is 0 Å². The van der Waals surface area contributed by atoms with E-state index in [-0.39, 0.29) is 0 Å². The van der Waals surface area contributed by atoms with Gasteiger partial charge < -0.3 is 10.1 Å². The van der Waals surface area contributed by atoms with Crippen molar-refractivity contribution in [3.63, 3.8) is 0 Å². The van der Waals surface area contributed by atoms with Crippen LogP contribution in [0.15, 0.2) is 0 Å². The molecule has 1 heterocycles. The minimum atomic E-state index is 0.436. The number of hydrogen-bond donors (Lipinski definition) is 1. The van der Waals surface area contributed by atoms with Gasteiger partial charge in [-0.15, -0.1) is 11.8 Å². The molecule has 1 saturated heterocycles. The molecular formula is C12H21NO. The van der Waals surface area contributed by atoms with E-state index in [9.17, 15) is 0 Å². The molecular weight excluding hydrogens is 174 g/mol. The number of nitrogens with one attached hydrogen (secondary N) is 1. The Morgan fingerprint density at radius 1 is 1.57 bits per heavy atom. The lowest BCUT2D eigenvalue weighted by molar-refractivity contribution is 0.0788. The van der Waals surface area contributed by atoms with E-state index in [4.69, 9.17) is 4.74 Å². The van der Waals surface area contributed by atoms with Crippen molar-refractivity contribution in [1.82, 2.24) is 5.32 Å². The van der Waals surface area contributed by atoms with E-state index in [0.29, 0.717) is 18.1 Å². The normalized spacial score (nSPS) is 28.2. The van der Waals surface area contributed by atoms with Crippen LogP contribution in [0.3, 0.4) is 0 Å². The highest BCUT2D eigenvalue weighted by Gasteiger charge is 2.32. The summed E-state index contributed by atoms with van der Waals surface area (Å²) in [7, 11) is 2.02. The van der Waals surface area contributed by atoms with Gasteiger partial charge in [-0.25, -0.2) is 0 Å². The van der Waals surface area contributed by atoms with Gasteiger partial charge in [-0.1, -0.05) is 6.92 Å². The van der Waals surface area contributed by atoms with E-state index >= 15 is 0 Å². The fourth-order valence-corrected chi connectivity index (χ4v) is 2.23. The molecule has 1 rings (SSSR count). The maximum absolute atomic E-state index is 5.69. The van der Waals surface area contributed by atoms with Gasteiger partial charge in [-0.2, -0.15) is 0 Å². The molecule has 3 unspecified atom stereocenters. The van der Waals surface area contributed by atoms with Crippen LogP contribution in [0.5, 0.6) is 0 Å². The molecule has 0 spiro atoms. The largest absolute Gasteiger partial charge is 0.378 e. The quantitative estimate of drug-likeness (QED) is 0.691. The van der Waals surface area contributed by atoms with E-state index in [1.54, 1.807) is 0 Å². The summed E-state index contributed by atoms with van der Waals surface area (Å²) in [5, 5.41) is 3.36. The summed E-state index contributed by atoms with van der Waals surface area (Å²) in [6, 6.07) is 0.495. The molecule has 2 nitrogen and oxygen atoms in total. The lowest BCUT2D eigenvalue weighted by Crippen LogP contribution is -2.37. The van der Waals surface area contributed by atoms with Gasteiger partial charge in [0, 0.05) is 25.0 Å². The van der Waals surface area contributed by atoms with Gasteiger partial charge in [-0.05, 0) is 26.8 Å². The molecule has 1 aliphatic rings. The first-order valence-corrected chi connectivity index (χ1v) is 5.52. The van der Waals surface area contributed by atoms with Gasteiger partial charge in [0.1, 0.15) is 0 Å². The molecule has 0 aromatic rings. The lowest BCUT2D eigenvalue weighted by Gasteiger charge is -2.25. The molecule has 0 saturated carbocycles. The number of hydrogen-bond acceptors (Lipinski definition) is 2. The van der Waals surface area contributed by atoms with Gasteiger partial charge in [0.25, 0.3) is 0 Å². The summed E-state index contributed by atoms with van der Waals surface area (Å²) in [4.78, 5) is 0. The molecule has 3 atom stereocenters. The number of ether oxygens (including phenoxy) is 1. The molecule has 0 aromatic heterocycles. The van der Waals surface area contributed by atoms with Crippen LogP contribution in [-0.2, 0) is 4.74 Å². The Morgan fingerprint density at radius 2 is 2.36 bits per heavy atom.